The van der Waals surface area contributed by atoms with Gasteiger partial charge in [0.1, 0.15) is 0 Å². The molecule has 0 bridgehead atoms. The predicted molar refractivity (Wildman–Crippen MR) is 62.9 cm³/mol. The summed E-state index contributed by atoms with van der Waals surface area (Å²) in [4.78, 5) is 7.06. The first-order valence-corrected chi connectivity index (χ1v) is 6.24. The van der Waals surface area contributed by atoms with Crippen molar-refractivity contribution in [2.75, 3.05) is 0 Å². The number of thiophene rings is 1. The van der Waals surface area contributed by atoms with Crippen LogP contribution in [0.5, 0.6) is 0 Å². The standard InChI is InChI=1S/C11H11NS2/c1-9-5-6-10(14-9)8-13-11-4-2-3-7-12-11/h2-7H,8H2,1H3. The Labute approximate surface area is 92.2 Å². The van der Waals surface area contributed by atoms with Crippen LogP contribution in [-0.4, -0.2) is 4.98 Å². The normalized spacial score (nSPS) is 10.4. The van der Waals surface area contributed by atoms with Crippen LogP contribution in [-0.2, 0) is 5.75 Å². The average molecular weight is 221 g/mol. The van der Waals surface area contributed by atoms with Gasteiger partial charge >= 0.3 is 0 Å². The Hall–Kier alpha value is -0.800. The zero-order valence-corrected chi connectivity index (χ0v) is 9.57. The van der Waals surface area contributed by atoms with Gasteiger partial charge in [-0.2, -0.15) is 0 Å². The monoisotopic (exact) mass is 221 g/mol. The maximum atomic E-state index is 4.27. The highest BCUT2D eigenvalue weighted by molar-refractivity contribution is 7.98. The maximum absolute atomic E-state index is 4.27. The highest BCUT2D eigenvalue weighted by atomic mass is 32.2. The molecule has 0 N–H and O–H groups in total. The van der Waals surface area contributed by atoms with Gasteiger partial charge in [0.25, 0.3) is 0 Å². The molecule has 0 radical (unpaired) electrons. The topological polar surface area (TPSA) is 12.9 Å². The van der Waals surface area contributed by atoms with E-state index in [0.717, 1.165) is 10.8 Å². The highest BCUT2D eigenvalue weighted by Crippen LogP contribution is 2.24. The summed E-state index contributed by atoms with van der Waals surface area (Å²) < 4.78 is 0. The summed E-state index contributed by atoms with van der Waals surface area (Å²) in [5.74, 6) is 1.02. The Morgan fingerprint density at radius 1 is 1.29 bits per heavy atom. The number of thioether (sulfide) groups is 1. The Kier molecular flexibility index (Phi) is 3.22. The van der Waals surface area contributed by atoms with Crippen LogP contribution in [0.3, 0.4) is 0 Å². The van der Waals surface area contributed by atoms with E-state index < -0.39 is 0 Å². The van der Waals surface area contributed by atoms with Gasteiger partial charge in [0.2, 0.25) is 0 Å². The summed E-state index contributed by atoms with van der Waals surface area (Å²) in [5.41, 5.74) is 0. The fraction of sp³-hybridized carbons (Fsp3) is 0.182. The van der Waals surface area contributed by atoms with Crippen molar-refractivity contribution in [1.82, 2.24) is 4.98 Å². The maximum Gasteiger partial charge on any atom is 0.0963 e. The lowest BCUT2D eigenvalue weighted by atomic mass is 10.5. The first-order chi connectivity index (χ1) is 6.84. The van der Waals surface area contributed by atoms with Crippen molar-refractivity contribution < 1.29 is 0 Å². The van der Waals surface area contributed by atoms with Crippen molar-refractivity contribution in [3.05, 3.63) is 46.3 Å². The van der Waals surface area contributed by atoms with Gasteiger partial charge in [0.05, 0.1) is 5.03 Å². The molecule has 0 aliphatic rings. The molecule has 0 spiro atoms. The van der Waals surface area contributed by atoms with Crippen molar-refractivity contribution in [2.24, 2.45) is 0 Å². The van der Waals surface area contributed by atoms with E-state index in [1.165, 1.54) is 9.75 Å². The summed E-state index contributed by atoms with van der Waals surface area (Å²) in [5, 5.41) is 1.10. The molecule has 0 aromatic carbocycles. The quantitative estimate of drug-likeness (QED) is 0.732. The molecule has 2 rings (SSSR count). The largest absolute Gasteiger partial charge is 0.250 e. The third-order valence-corrected chi connectivity index (χ3v) is 3.97. The zero-order valence-electron chi connectivity index (χ0n) is 7.93. The molecular weight excluding hydrogens is 210 g/mol. The first kappa shape index (κ1) is 9.74. The van der Waals surface area contributed by atoms with Gasteiger partial charge in [-0.1, -0.05) is 6.07 Å². The van der Waals surface area contributed by atoms with E-state index in [1.807, 2.05) is 35.7 Å². The molecular formula is C11H11NS2. The van der Waals surface area contributed by atoms with E-state index in [1.54, 1.807) is 11.8 Å². The Balaban J connectivity index is 1.95. The van der Waals surface area contributed by atoms with E-state index >= 15 is 0 Å². The highest BCUT2D eigenvalue weighted by Gasteiger charge is 1.98. The lowest BCUT2D eigenvalue weighted by Crippen LogP contribution is -1.77. The van der Waals surface area contributed by atoms with Crippen LogP contribution < -0.4 is 0 Å². The van der Waals surface area contributed by atoms with E-state index in [4.69, 9.17) is 0 Å². The number of rotatable bonds is 3. The number of aromatic nitrogens is 1. The molecule has 14 heavy (non-hydrogen) atoms. The van der Waals surface area contributed by atoms with Gasteiger partial charge < -0.3 is 0 Å². The molecule has 2 aromatic heterocycles. The molecule has 2 aromatic rings. The molecule has 0 amide bonds. The average Bonchev–Trinajstić information content (AvgIpc) is 2.63. The number of aryl methyl sites for hydroxylation is 1. The van der Waals surface area contributed by atoms with E-state index in [-0.39, 0.29) is 0 Å². The minimum atomic E-state index is 1.02. The third kappa shape index (κ3) is 2.59. The van der Waals surface area contributed by atoms with Crippen LogP contribution in [0.1, 0.15) is 9.75 Å². The number of hydrogen-bond donors (Lipinski definition) is 0. The Morgan fingerprint density at radius 2 is 2.21 bits per heavy atom. The minimum Gasteiger partial charge on any atom is -0.250 e. The van der Waals surface area contributed by atoms with Crippen molar-refractivity contribution in [3.63, 3.8) is 0 Å². The molecule has 2 heterocycles. The van der Waals surface area contributed by atoms with Crippen LogP contribution >= 0.6 is 23.1 Å². The molecule has 0 atom stereocenters. The molecule has 0 aliphatic carbocycles. The van der Waals surface area contributed by atoms with E-state index in [9.17, 15) is 0 Å². The molecule has 0 aliphatic heterocycles. The molecule has 0 unspecified atom stereocenters. The number of pyridine rings is 1. The van der Waals surface area contributed by atoms with Crippen LogP contribution in [0.25, 0.3) is 0 Å². The zero-order chi connectivity index (χ0) is 9.80. The second-order valence-corrected chi connectivity index (χ2v) is 5.34. The lowest BCUT2D eigenvalue weighted by molar-refractivity contribution is 1.13. The summed E-state index contributed by atoms with van der Waals surface area (Å²) >= 11 is 3.64. The number of hydrogen-bond acceptors (Lipinski definition) is 3. The van der Waals surface area contributed by atoms with Gasteiger partial charge in [-0.05, 0) is 31.2 Å². The summed E-state index contributed by atoms with van der Waals surface area (Å²) in [7, 11) is 0. The molecule has 3 heteroatoms. The van der Waals surface area contributed by atoms with Crippen molar-refractivity contribution in [2.45, 2.75) is 17.7 Å². The molecule has 72 valence electrons. The molecule has 0 saturated heterocycles. The fourth-order valence-electron chi connectivity index (χ4n) is 1.14. The smallest absolute Gasteiger partial charge is 0.0963 e. The van der Waals surface area contributed by atoms with Gasteiger partial charge in [0, 0.05) is 21.7 Å². The number of nitrogens with zero attached hydrogens (tertiary/aromatic N) is 1. The van der Waals surface area contributed by atoms with Crippen molar-refractivity contribution in [1.29, 1.82) is 0 Å². The van der Waals surface area contributed by atoms with Gasteiger partial charge in [0.15, 0.2) is 0 Å². The minimum absolute atomic E-state index is 1.02. The van der Waals surface area contributed by atoms with Crippen LogP contribution in [0, 0.1) is 6.92 Å². The first-order valence-electron chi connectivity index (χ1n) is 4.44. The second kappa shape index (κ2) is 4.62. The van der Waals surface area contributed by atoms with E-state index in [2.05, 4.69) is 24.0 Å². The van der Waals surface area contributed by atoms with E-state index in [0.29, 0.717) is 0 Å². The van der Waals surface area contributed by atoms with Crippen LogP contribution in [0.2, 0.25) is 0 Å². The third-order valence-electron chi connectivity index (χ3n) is 1.80. The SMILES string of the molecule is Cc1ccc(CSc2ccccn2)s1. The Morgan fingerprint density at radius 3 is 2.86 bits per heavy atom. The summed E-state index contributed by atoms with van der Waals surface area (Å²) in [6, 6.07) is 10.4. The van der Waals surface area contributed by atoms with Gasteiger partial charge in [-0.3, -0.25) is 0 Å². The lowest BCUT2D eigenvalue weighted by Gasteiger charge is -1.96. The second-order valence-electron chi connectivity index (χ2n) is 2.97. The van der Waals surface area contributed by atoms with Crippen molar-refractivity contribution in [3.8, 4) is 0 Å². The van der Waals surface area contributed by atoms with Gasteiger partial charge in [-0.25, -0.2) is 4.98 Å². The van der Waals surface area contributed by atoms with Crippen molar-refractivity contribution >= 4 is 23.1 Å². The summed E-state index contributed by atoms with van der Waals surface area (Å²) in [6.45, 7) is 2.14. The predicted octanol–water partition coefficient (Wildman–Crippen LogP) is 3.74. The van der Waals surface area contributed by atoms with Gasteiger partial charge in [-0.15, -0.1) is 23.1 Å². The molecule has 0 fully saturated rings. The fourth-order valence-corrected chi connectivity index (χ4v) is 2.94. The van der Waals surface area contributed by atoms with Crippen LogP contribution in [0.15, 0.2) is 41.6 Å². The Bertz CT molecular complexity index is 395. The van der Waals surface area contributed by atoms with Crippen LogP contribution in [0.4, 0.5) is 0 Å². The molecule has 0 saturated carbocycles. The summed E-state index contributed by atoms with van der Waals surface area (Å²) in [6.07, 6.45) is 1.84. The molecule has 1 nitrogen and oxygen atoms in total.